The number of nitrogens with one attached hydrogen (secondary N) is 2. The van der Waals surface area contributed by atoms with E-state index in [-0.39, 0.29) is 12.5 Å². The normalized spacial score (nSPS) is 10.3. The number of methoxy groups -OCH3 is 1. The van der Waals surface area contributed by atoms with Gasteiger partial charge in [0.05, 0.1) is 25.1 Å². The van der Waals surface area contributed by atoms with Gasteiger partial charge in [0.1, 0.15) is 18.0 Å². The minimum atomic E-state index is -0.471. The Bertz CT molecular complexity index is 1170. The molecule has 0 fully saturated rings. The molecule has 0 atom stereocenters. The van der Waals surface area contributed by atoms with Gasteiger partial charge >= 0.3 is 0 Å². The van der Waals surface area contributed by atoms with Gasteiger partial charge in [0, 0.05) is 24.2 Å². The van der Waals surface area contributed by atoms with Gasteiger partial charge in [0.15, 0.2) is 0 Å². The summed E-state index contributed by atoms with van der Waals surface area (Å²) in [6.07, 6.45) is 0. The lowest BCUT2D eigenvalue weighted by molar-refractivity contribution is -0.117. The Labute approximate surface area is 185 Å². The smallest absolute Gasteiger partial charge is 0.267 e. The molecule has 1 heterocycles. The van der Waals surface area contributed by atoms with E-state index in [2.05, 4.69) is 15.7 Å². The molecule has 0 unspecified atom stereocenters. The summed E-state index contributed by atoms with van der Waals surface area (Å²) < 4.78 is 11.8. The molecule has 0 bridgehead atoms. The highest BCUT2D eigenvalue weighted by molar-refractivity contribution is 5.94. The third kappa shape index (κ3) is 5.72. The number of ether oxygens (including phenoxy) is 2. The molecule has 0 saturated carbocycles. The average Bonchev–Trinajstić information content (AvgIpc) is 2.76. The third-order valence-electron chi connectivity index (χ3n) is 4.42. The molecule has 3 aromatic rings. The summed E-state index contributed by atoms with van der Waals surface area (Å²) in [5, 5.41) is 9.66. The average molecular weight is 436 g/mol. The van der Waals surface area contributed by atoms with Crippen LogP contribution in [0.1, 0.15) is 13.8 Å². The van der Waals surface area contributed by atoms with E-state index in [1.165, 1.54) is 20.1 Å². The highest BCUT2D eigenvalue weighted by atomic mass is 16.5. The number of amides is 2. The number of carbonyl (C=O) groups excluding carboxylic acids is 2. The second-order valence-electron chi connectivity index (χ2n) is 6.82. The lowest BCUT2D eigenvalue weighted by Crippen LogP contribution is -2.29. The Hall–Kier alpha value is -4.14. The van der Waals surface area contributed by atoms with Crippen LogP contribution in [-0.2, 0) is 16.1 Å². The van der Waals surface area contributed by atoms with Crippen molar-refractivity contribution in [3.63, 3.8) is 0 Å². The van der Waals surface area contributed by atoms with Crippen molar-refractivity contribution in [3.05, 3.63) is 65.0 Å². The molecular weight excluding hydrogens is 412 g/mol. The van der Waals surface area contributed by atoms with Gasteiger partial charge in [-0.2, -0.15) is 5.10 Å². The first-order valence-electron chi connectivity index (χ1n) is 9.96. The van der Waals surface area contributed by atoms with E-state index in [9.17, 15) is 14.4 Å². The molecule has 9 heteroatoms. The summed E-state index contributed by atoms with van der Waals surface area (Å²) >= 11 is 0. The van der Waals surface area contributed by atoms with Crippen LogP contribution in [0.4, 0.5) is 11.4 Å². The van der Waals surface area contributed by atoms with Crippen molar-refractivity contribution in [3.8, 4) is 22.8 Å². The second kappa shape index (κ2) is 10.3. The molecule has 2 N–H and O–H groups in total. The Morgan fingerprint density at radius 3 is 2.44 bits per heavy atom. The first-order chi connectivity index (χ1) is 15.4. The molecule has 0 aliphatic rings. The van der Waals surface area contributed by atoms with E-state index in [0.29, 0.717) is 29.4 Å². The minimum absolute atomic E-state index is 0.241. The minimum Gasteiger partial charge on any atom is -0.495 e. The van der Waals surface area contributed by atoms with Gasteiger partial charge in [0.2, 0.25) is 11.8 Å². The molecule has 0 aliphatic carbocycles. The zero-order chi connectivity index (χ0) is 23.1. The van der Waals surface area contributed by atoms with Gasteiger partial charge in [-0.05, 0) is 55.5 Å². The Kier molecular flexibility index (Phi) is 7.22. The van der Waals surface area contributed by atoms with Crippen LogP contribution < -0.4 is 25.7 Å². The number of anilines is 2. The number of aromatic nitrogens is 2. The van der Waals surface area contributed by atoms with Crippen molar-refractivity contribution < 1.29 is 19.1 Å². The van der Waals surface area contributed by atoms with Gasteiger partial charge in [-0.3, -0.25) is 14.4 Å². The molecule has 1 aromatic heterocycles. The largest absolute Gasteiger partial charge is 0.495 e. The number of hydrogen-bond donors (Lipinski definition) is 2. The molecule has 9 nitrogen and oxygen atoms in total. The van der Waals surface area contributed by atoms with E-state index in [1.807, 2.05) is 31.2 Å². The molecule has 0 spiro atoms. The molecule has 0 radical (unpaired) electrons. The van der Waals surface area contributed by atoms with E-state index in [4.69, 9.17) is 9.47 Å². The van der Waals surface area contributed by atoms with Gasteiger partial charge in [-0.15, -0.1) is 0 Å². The van der Waals surface area contributed by atoms with Crippen molar-refractivity contribution in [2.24, 2.45) is 0 Å². The third-order valence-corrected chi connectivity index (χ3v) is 4.42. The van der Waals surface area contributed by atoms with Crippen LogP contribution in [0, 0.1) is 0 Å². The first kappa shape index (κ1) is 22.5. The number of benzene rings is 2. The standard InChI is InChI=1S/C23H24N4O5/c1-4-32-18-8-5-16(6-9-18)19-10-12-23(30)27(26-19)14-22(29)25-20-13-17(24-15(2)28)7-11-21(20)31-3/h5-13H,4,14H2,1-3H3,(H,24,28)(H,25,29). The Morgan fingerprint density at radius 2 is 1.78 bits per heavy atom. The maximum Gasteiger partial charge on any atom is 0.267 e. The molecule has 32 heavy (non-hydrogen) atoms. The van der Waals surface area contributed by atoms with Crippen molar-refractivity contribution in [1.82, 2.24) is 9.78 Å². The van der Waals surface area contributed by atoms with Crippen LogP contribution in [-0.4, -0.2) is 35.3 Å². The van der Waals surface area contributed by atoms with Crippen LogP contribution >= 0.6 is 0 Å². The summed E-state index contributed by atoms with van der Waals surface area (Å²) in [6, 6.07) is 15.1. The SMILES string of the molecule is CCOc1ccc(-c2ccc(=O)n(CC(=O)Nc3cc(NC(C)=O)ccc3OC)n2)cc1. The van der Waals surface area contributed by atoms with Crippen molar-refractivity contribution >= 4 is 23.2 Å². The summed E-state index contributed by atoms with van der Waals surface area (Å²) in [6.45, 7) is 3.56. The lowest BCUT2D eigenvalue weighted by atomic mass is 10.1. The van der Waals surface area contributed by atoms with Gasteiger partial charge < -0.3 is 20.1 Å². The fourth-order valence-electron chi connectivity index (χ4n) is 3.02. The topological polar surface area (TPSA) is 112 Å². The highest BCUT2D eigenvalue weighted by Gasteiger charge is 2.12. The van der Waals surface area contributed by atoms with Crippen LogP contribution in [0.5, 0.6) is 11.5 Å². The van der Waals surface area contributed by atoms with E-state index in [1.54, 1.807) is 24.3 Å². The number of hydrogen-bond acceptors (Lipinski definition) is 6. The number of nitrogens with zero attached hydrogens (tertiary/aromatic N) is 2. The van der Waals surface area contributed by atoms with Crippen LogP contribution in [0.2, 0.25) is 0 Å². The van der Waals surface area contributed by atoms with Crippen molar-refractivity contribution in [1.29, 1.82) is 0 Å². The van der Waals surface area contributed by atoms with Crippen molar-refractivity contribution in [2.75, 3.05) is 24.4 Å². The number of carbonyl (C=O) groups is 2. The molecule has 3 rings (SSSR count). The van der Waals surface area contributed by atoms with Crippen LogP contribution in [0.3, 0.4) is 0 Å². The predicted molar refractivity (Wildman–Crippen MR) is 121 cm³/mol. The Balaban J connectivity index is 1.78. The lowest BCUT2D eigenvalue weighted by Gasteiger charge is -2.13. The van der Waals surface area contributed by atoms with Gasteiger partial charge in [-0.25, -0.2) is 4.68 Å². The van der Waals surface area contributed by atoms with Gasteiger partial charge in [0.25, 0.3) is 5.56 Å². The molecule has 2 amide bonds. The fourth-order valence-corrected chi connectivity index (χ4v) is 3.02. The Morgan fingerprint density at radius 1 is 1.03 bits per heavy atom. The highest BCUT2D eigenvalue weighted by Crippen LogP contribution is 2.28. The van der Waals surface area contributed by atoms with Crippen molar-refractivity contribution in [2.45, 2.75) is 20.4 Å². The zero-order valence-corrected chi connectivity index (χ0v) is 18.0. The first-order valence-corrected chi connectivity index (χ1v) is 9.96. The van der Waals surface area contributed by atoms with Crippen LogP contribution in [0.15, 0.2) is 59.4 Å². The van der Waals surface area contributed by atoms with Gasteiger partial charge in [-0.1, -0.05) is 0 Å². The molecule has 166 valence electrons. The summed E-state index contributed by atoms with van der Waals surface area (Å²) in [5.74, 6) is 0.436. The predicted octanol–water partition coefficient (Wildman–Crippen LogP) is 2.91. The summed E-state index contributed by atoms with van der Waals surface area (Å²) in [7, 11) is 1.47. The summed E-state index contributed by atoms with van der Waals surface area (Å²) in [4.78, 5) is 36.2. The monoisotopic (exact) mass is 436 g/mol. The number of rotatable bonds is 8. The van der Waals surface area contributed by atoms with Crippen LogP contribution in [0.25, 0.3) is 11.3 Å². The fraction of sp³-hybridized carbons (Fsp3) is 0.217. The molecule has 2 aromatic carbocycles. The zero-order valence-electron chi connectivity index (χ0n) is 18.0. The molecule has 0 aliphatic heterocycles. The summed E-state index contributed by atoms with van der Waals surface area (Å²) in [5.41, 5.74) is 1.78. The quantitative estimate of drug-likeness (QED) is 0.562. The van der Waals surface area contributed by atoms with E-state index >= 15 is 0 Å². The van der Waals surface area contributed by atoms with E-state index in [0.717, 1.165) is 16.0 Å². The maximum absolute atomic E-state index is 12.6. The van der Waals surface area contributed by atoms with E-state index < -0.39 is 11.5 Å². The maximum atomic E-state index is 12.6. The molecule has 0 saturated heterocycles. The second-order valence-corrected chi connectivity index (χ2v) is 6.82. The molecular formula is C23H24N4O5.